The topological polar surface area (TPSA) is 50.8 Å². The number of ether oxygens (including phenoxy) is 2. The predicted molar refractivity (Wildman–Crippen MR) is 107 cm³/mol. The number of methoxy groups -OCH3 is 2. The zero-order valence-electron chi connectivity index (χ0n) is 15.8. The summed E-state index contributed by atoms with van der Waals surface area (Å²) in [5.74, 6) is 1.16. The van der Waals surface area contributed by atoms with E-state index in [4.69, 9.17) is 9.47 Å². The second kappa shape index (κ2) is 9.51. The fourth-order valence-corrected chi connectivity index (χ4v) is 2.65. The van der Waals surface area contributed by atoms with Crippen LogP contribution in [0.3, 0.4) is 0 Å². The van der Waals surface area contributed by atoms with Gasteiger partial charge in [0.25, 0.3) is 0 Å². The van der Waals surface area contributed by atoms with E-state index in [9.17, 15) is 4.79 Å². The van der Waals surface area contributed by atoms with Gasteiger partial charge in [0.05, 0.1) is 14.2 Å². The van der Waals surface area contributed by atoms with Crippen LogP contribution in [0.5, 0.6) is 11.5 Å². The van der Waals surface area contributed by atoms with Crippen molar-refractivity contribution in [2.45, 2.75) is 13.8 Å². The third kappa shape index (κ3) is 5.02. The SMILES string of the molecule is CCN(CC)c1ccc(NC(=O)/C=C/c2ccc(OC)cc2OC)cc1. The number of rotatable bonds is 8. The van der Waals surface area contributed by atoms with Gasteiger partial charge in [-0.05, 0) is 56.3 Å². The van der Waals surface area contributed by atoms with Crippen LogP contribution in [0.15, 0.2) is 48.5 Å². The Morgan fingerprint density at radius 1 is 1.04 bits per heavy atom. The van der Waals surface area contributed by atoms with Gasteiger partial charge in [0.1, 0.15) is 11.5 Å². The van der Waals surface area contributed by atoms with E-state index in [1.807, 2.05) is 36.4 Å². The molecule has 0 aliphatic heterocycles. The number of anilines is 2. The van der Waals surface area contributed by atoms with Gasteiger partial charge in [-0.3, -0.25) is 4.79 Å². The maximum absolute atomic E-state index is 12.2. The molecule has 1 N–H and O–H groups in total. The summed E-state index contributed by atoms with van der Waals surface area (Å²) in [6.45, 7) is 6.15. The molecule has 5 nitrogen and oxygen atoms in total. The lowest BCUT2D eigenvalue weighted by Crippen LogP contribution is -2.21. The van der Waals surface area contributed by atoms with Crippen LogP contribution in [0, 0.1) is 0 Å². The zero-order valence-corrected chi connectivity index (χ0v) is 15.8. The number of carbonyl (C=O) groups is 1. The number of nitrogens with one attached hydrogen (secondary N) is 1. The molecule has 1 amide bonds. The second-order valence-electron chi connectivity index (χ2n) is 5.65. The largest absolute Gasteiger partial charge is 0.497 e. The van der Waals surface area contributed by atoms with Crippen molar-refractivity contribution in [1.29, 1.82) is 0 Å². The Morgan fingerprint density at radius 3 is 2.31 bits per heavy atom. The van der Waals surface area contributed by atoms with Crippen LogP contribution >= 0.6 is 0 Å². The Morgan fingerprint density at radius 2 is 1.73 bits per heavy atom. The minimum absolute atomic E-state index is 0.196. The van der Waals surface area contributed by atoms with Crippen LogP contribution in [0.1, 0.15) is 19.4 Å². The van der Waals surface area contributed by atoms with Crippen molar-refractivity contribution >= 4 is 23.4 Å². The molecule has 0 atom stereocenters. The highest BCUT2D eigenvalue weighted by atomic mass is 16.5. The summed E-state index contributed by atoms with van der Waals surface area (Å²) in [5, 5.41) is 2.86. The van der Waals surface area contributed by atoms with Gasteiger partial charge in [-0.25, -0.2) is 0 Å². The van der Waals surface area contributed by atoms with Gasteiger partial charge in [-0.1, -0.05) is 0 Å². The van der Waals surface area contributed by atoms with Crippen molar-refractivity contribution in [1.82, 2.24) is 0 Å². The van der Waals surface area contributed by atoms with E-state index < -0.39 is 0 Å². The first-order valence-electron chi connectivity index (χ1n) is 8.67. The summed E-state index contributed by atoms with van der Waals surface area (Å²) in [6, 6.07) is 13.3. The maximum atomic E-state index is 12.2. The van der Waals surface area contributed by atoms with E-state index in [0.29, 0.717) is 11.5 Å². The molecule has 2 aromatic carbocycles. The zero-order chi connectivity index (χ0) is 18.9. The van der Waals surface area contributed by atoms with Gasteiger partial charge in [0.2, 0.25) is 5.91 Å². The summed E-state index contributed by atoms with van der Waals surface area (Å²) >= 11 is 0. The molecule has 26 heavy (non-hydrogen) atoms. The highest BCUT2D eigenvalue weighted by molar-refractivity contribution is 6.02. The summed E-state index contributed by atoms with van der Waals surface area (Å²) in [4.78, 5) is 14.4. The number of nitrogens with zero attached hydrogens (tertiary/aromatic N) is 1. The third-order valence-corrected chi connectivity index (χ3v) is 4.12. The lowest BCUT2D eigenvalue weighted by Gasteiger charge is -2.21. The summed E-state index contributed by atoms with van der Waals surface area (Å²) in [6.07, 6.45) is 3.21. The van der Waals surface area contributed by atoms with Crippen molar-refractivity contribution in [3.05, 3.63) is 54.1 Å². The van der Waals surface area contributed by atoms with Crippen LogP contribution in [-0.2, 0) is 4.79 Å². The van der Waals surface area contributed by atoms with Gasteiger partial charge >= 0.3 is 0 Å². The first-order chi connectivity index (χ1) is 12.6. The molecule has 0 radical (unpaired) electrons. The standard InChI is InChI=1S/C21H26N2O3/c1-5-23(6-2)18-11-9-17(10-12-18)22-21(24)14-8-16-7-13-19(25-3)15-20(16)26-4/h7-15H,5-6H2,1-4H3,(H,22,24)/b14-8+. The molecule has 0 saturated carbocycles. The van der Waals surface area contributed by atoms with E-state index in [1.54, 1.807) is 26.4 Å². The minimum atomic E-state index is -0.196. The van der Waals surface area contributed by atoms with Gasteiger partial charge < -0.3 is 19.7 Å². The first kappa shape index (κ1) is 19.4. The molecular weight excluding hydrogens is 328 g/mol. The summed E-state index contributed by atoms with van der Waals surface area (Å²) in [7, 11) is 3.19. The van der Waals surface area contributed by atoms with Crippen LogP contribution < -0.4 is 19.7 Å². The Labute approximate surface area is 155 Å². The number of carbonyl (C=O) groups excluding carboxylic acids is 1. The van der Waals surface area contributed by atoms with Gasteiger partial charge in [-0.15, -0.1) is 0 Å². The Hall–Kier alpha value is -2.95. The predicted octanol–water partition coefficient (Wildman–Crippen LogP) is 4.20. The average molecular weight is 354 g/mol. The summed E-state index contributed by atoms with van der Waals surface area (Å²) < 4.78 is 10.5. The molecule has 138 valence electrons. The monoisotopic (exact) mass is 354 g/mol. The van der Waals surface area contributed by atoms with Crippen molar-refractivity contribution < 1.29 is 14.3 Å². The molecule has 0 unspecified atom stereocenters. The Balaban J connectivity index is 2.03. The van der Waals surface area contributed by atoms with Crippen molar-refractivity contribution in [3.8, 4) is 11.5 Å². The smallest absolute Gasteiger partial charge is 0.248 e. The van der Waals surface area contributed by atoms with Crippen LogP contribution in [0.2, 0.25) is 0 Å². The Bertz CT molecular complexity index is 750. The van der Waals surface area contributed by atoms with Crippen molar-refractivity contribution in [2.75, 3.05) is 37.5 Å². The number of amides is 1. The fraction of sp³-hybridized carbons (Fsp3) is 0.286. The van der Waals surface area contributed by atoms with Crippen molar-refractivity contribution in [3.63, 3.8) is 0 Å². The van der Waals surface area contributed by atoms with Gasteiger partial charge in [-0.2, -0.15) is 0 Å². The third-order valence-electron chi connectivity index (χ3n) is 4.12. The fourth-order valence-electron chi connectivity index (χ4n) is 2.65. The highest BCUT2D eigenvalue weighted by Gasteiger charge is 2.05. The minimum Gasteiger partial charge on any atom is -0.497 e. The van der Waals surface area contributed by atoms with E-state index in [0.717, 1.165) is 30.0 Å². The number of hydrogen-bond donors (Lipinski definition) is 1. The molecule has 0 bridgehead atoms. The normalized spacial score (nSPS) is 10.6. The number of hydrogen-bond acceptors (Lipinski definition) is 4. The van der Waals surface area contributed by atoms with E-state index in [1.165, 1.54) is 6.08 Å². The molecule has 2 rings (SSSR count). The van der Waals surface area contributed by atoms with E-state index in [2.05, 4.69) is 24.1 Å². The Kier molecular flexibility index (Phi) is 7.09. The number of benzene rings is 2. The summed E-state index contributed by atoms with van der Waals surface area (Å²) in [5.41, 5.74) is 2.71. The van der Waals surface area contributed by atoms with E-state index >= 15 is 0 Å². The highest BCUT2D eigenvalue weighted by Crippen LogP contribution is 2.25. The quantitative estimate of drug-likeness (QED) is 0.722. The average Bonchev–Trinajstić information content (AvgIpc) is 2.68. The molecule has 2 aromatic rings. The van der Waals surface area contributed by atoms with Crippen LogP contribution in [0.25, 0.3) is 6.08 Å². The molecule has 5 heteroatoms. The molecule has 0 aliphatic rings. The lowest BCUT2D eigenvalue weighted by atomic mass is 10.1. The lowest BCUT2D eigenvalue weighted by molar-refractivity contribution is -0.111. The first-order valence-corrected chi connectivity index (χ1v) is 8.67. The van der Waals surface area contributed by atoms with Crippen molar-refractivity contribution in [2.24, 2.45) is 0 Å². The molecule has 0 spiro atoms. The van der Waals surface area contributed by atoms with E-state index in [-0.39, 0.29) is 5.91 Å². The van der Waals surface area contributed by atoms with Crippen LogP contribution in [-0.4, -0.2) is 33.2 Å². The molecule has 0 aliphatic carbocycles. The maximum Gasteiger partial charge on any atom is 0.248 e. The molecule has 0 saturated heterocycles. The van der Waals surface area contributed by atoms with Gasteiger partial charge in [0, 0.05) is 42.2 Å². The second-order valence-corrected chi connectivity index (χ2v) is 5.65. The van der Waals surface area contributed by atoms with Gasteiger partial charge in [0.15, 0.2) is 0 Å². The molecule has 0 heterocycles. The molecule has 0 aromatic heterocycles. The van der Waals surface area contributed by atoms with Crippen LogP contribution in [0.4, 0.5) is 11.4 Å². The molecule has 0 fully saturated rings. The molecular formula is C21H26N2O3.